The number of carbonyl (C=O) groups excluding carboxylic acids is 1. The van der Waals surface area contributed by atoms with Crippen LogP contribution < -0.4 is 5.32 Å². The molecule has 1 N–H and O–H groups in total. The number of carbonyl (C=O) groups is 1. The lowest BCUT2D eigenvalue weighted by Crippen LogP contribution is -2.45. The summed E-state index contributed by atoms with van der Waals surface area (Å²) in [7, 11) is 0. The Morgan fingerprint density at radius 2 is 2.42 bits per heavy atom. The van der Waals surface area contributed by atoms with Crippen LogP contribution in [0.25, 0.3) is 0 Å². The third kappa shape index (κ3) is 0.942. The summed E-state index contributed by atoms with van der Waals surface area (Å²) in [5.74, 6) is 0.916. The number of allylic oxidation sites excluding steroid dienone is 2. The van der Waals surface area contributed by atoms with Crippen LogP contribution in [-0.2, 0) is 4.79 Å². The molecule has 0 bridgehead atoms. The van der Waals surface area contributed by atoms with Crippen LogP contribution in [0.2, 0.25) is 0 Å². The van der Waals surface area contributed by atoms with Crippen molar-refractivity contribution >= 4 is 5.91 Å². The van der Waals surface area contributed by atoms with Crippen LogP contribution in [0, 0.1) is 0 Å². The lowest BCUT2D eigenvalue weighted by molar-refractivity contribution is -0.126. The van der Waals surface area contributed by atoms with Crippen LogP contribution in [0.4, 0.5) is 0 Å². The maximum absolute atomic E-state index is 11.5. The first-order chi connectivity index (χ1) is 5.79. The predicted molar refractivity (Wildman–Crippen MR) is 46.1 cm³/mol. The van der Waals surface area contributed by atoms with Crippen molar-refractivity contribution in [2.45, 2.75) is 0 Å². The van der Waals surface area contributed by atoms with Gasteiger partial charge in [0.1, 0.15) is 5.82 Å². The molecule has 2 aliphatic heterocycles. The molecule has 1 saturated heterocycles. The lowest BCUT2D eigenvalue weighted by Gasteiger charge is -2.32. The number of hydrogen-bond acceptors (Lipinski definition) is 2. The smallest absolute Gasteiger partial charge is 0.256 e. The van der Waals surface area contributed by atoms with Gasteiger partial charge in [-0.2, -0.15) is 0 Å². The summed E-state index contributed by atoms with van der Waals surface area (Å²) in [5, 5.41) is 3.12. The van der Waals surface area contributed by atoms with Gasteiger partial charge in [0.15, 0.2) is 0 Å². The highest BCUT2D eigenvalue weighted by molar-refractivity contribution is 5.95. The highest BCUT2D eigenvalue weighted by atomic mass is 16.2. The lowest BCUT2D eigenvalue weighted by atomic mass is 10.2. The molecule has 62 valence electrons. The monoisotopic (exact) mass is 162 g/mol. The summed E-state index contributed by atoms with van der Waals surface area (Å²) in [4.78, 5) is 13.2. The predicted octanol–water partition coefficient (Wildman–Crippen LogP) is 0.386. The number of hydrogen-bond donors (Lipinski definition) is 1. The highest BCUT2D eigenvalue weighted by Gasteiger charge is 2.25. The summed E-state index contributed by atoms with van der Waals surface area (Å²) in [6.45, 7) is 4.90. The van der Waals surface area contributed by atoms with Crippen molar-refractivity contribution in [2.75, 3.05) is 13.1 Å². The van der Waals surface area contributed by atoms with Crippen LogP contribution in [0.15, 0.2) is 36.2 Å². The summed E-state index contributed by atoms with van der Waals surface area (Å²) >= 11 is 0. The SMILES string of the molecule is C=C1CNC2=CC=CCN2C1=O. The van der Waals surface area contributed by atoms with Crippen molar-refractivity contribution < 1.29 is 4.79 Å². The third-order valence-electron chi connectivity index (χ3n) is 2.00. The van der Waals surface area contributed by atoms with E-state index in [1.54, 1.807) is 4.90 Å². The Kier molecular flexibility index (Phi) is 1.50. The Hall–Kier alpha value is -1.51. The van der Waals surface area contributed by atoms with Gasteiger partial charge in [-0.1, -0.05) is 18.7 Å². The molecule has 0 atom stereocenters. The minimum Gasteiger partial charge on any atom is -0.367 e. The zero-order valence-corrected chi connectivity index (χ0v) is 6.71. The molecule has 3 nitrogen and oxygen atoms in total. The molecule has 1 amide bonds. The van der Waals surface area contributed by atoms with Gasteiger partial charge in [0, 0.05) is 18.7 Å². The molecule has 0 aromatic carbocycles. The van der Waals surface area contributed by atoms with Gasteiger partial charge in [0.2, 0.25) is 0 Å². The highest BCUT2D eigenvalue weighted by Crippen LogP contribution is 2.15. The molecule has 12 heavy (non-hydrogen) atoms. The van der Waals surface area contributed by atoms with Gasteiger partial charge >= 0.3 is 0 Å². The van der Waals surface area contributed by atoms with Crippen molar-refractivity contribution in [3.8, 4) is 0 Å². The molecule has 0 aromatic rings. The van der Waals surface area contributed by atoms with Gasteiger partial charge in [-0.15, -0.1) is 0 Å². The zero-order valence-electron chi connectivity index (χ0n) is 6.71. The van der Waals surface area contributed by atoms with Gasteiger partial charge < -0.3 is 5.32 Å². The van der Waals surface area contributed by atoms with Crippen molar-refractivity contribution in [3.05, 3.63) is 36.2 Å². The van der Waals surface area contributed by atoms with Crippen LogP contribution in [0.3, 0.4) is 0 Å². The normalized spacial score (nSPS) is 21.7. The van der Waals surface area contributed by atoms with Crippen LogP contribution in [0.5, 0.6) is 0 Å². The maximum atomic E-state index is 11.5. The van der Waals surface area contributed by atoms with E-state index in [1.165, 1.54) is 0 Å². The summed E-state index contributed by atoms with van der Waals surface area (Å²) in [6, 6.07) is 0. The van der Waals surface area contributed by atoms with Crippen LogP contribution in [-0.4, -0.2) is 23.9 Å². The number of rotatable bonds is 0. The van der Waals surface area contributed by atoms with Crippen molar-refractivity contribution in [1.29, 1.82) is 0 Å². The first-order valence-electron chi connectivity index (χ1n) is 3.89. The molecule has 0 aromatic heterocycles. The molecule has 0 radical (unpaired) electrons. The molecule has 0 saturated carbocycles. The first kappa shape index (κ1) is 7.16. The van der Waals surface area contributed by atoms with E-state index < -0.39 is 0 Å². The molecule has 2 rings (SSSR count). The maximum Gasteiger partial charge on any atom is 0.256 e. The quantitative estimate of drug-likeness (QED) is 0.522. The third-order valence-corrected chi connectivity index (χ3v) is 2.00. The van der Waals surface area contributed by atoms with Gasteiger partial charge in [0.05, 0.1) is 0 Å². The van der Waals surface area contributed by atoms with Gasteiger partial charge in [0.25, 0.3) is 5.91 Å². The fourth-order valence-electron chi connectivity index (χ4n) is 1.32. The van der Waals surface area contributed by atoms with Crippen LogP contribution in [0.1, 0.15) is 0 Å². The average Bonchev–Trinajstić information content (AvgIpc) is 2.12. The Labute approximate surface area is 71.0 Å². The Morgan fingerprint density at radius 3 is 3.25 bits per heavy atom. The van der Waals surface area contributed by atoms with E-state index >= 15 is 0 Å². The van der Waals surface area contributed by atoms with Crippen molar-refractivity contribution in [2.24, 2.45) is 0 Å². The van der Waals surface area contributed by atoms with E-state index in [0.717, 1.165) is 5.82 Å². The topological polar surface area (TPSA) is 32.3 Å². The molecule has 2 heterocycles. The number of nitrogens with one attached hydrogen (secondary N) is 1. The molecule has 0 unspecified atom stereocenters. The fourth-order valence-corrected chi connectivity index (χ4v) is 1.32. The van der Waals surface area contributed by atoms with Crippen molar-refractivity contribution in [3.63, 3.8) is 0 Å². The van der Waals surface area contributed by atoms with E-state index in [0.29, 0.717) is 18.7 Å². The number of nitrogens with zero attached hydrogens (tertiary/aromatic N) is 1. The first-order valence-corrected chi connectivity index (χ1v) is 3.89. The second kappa shape index (κ2) is 2.52. The Balaban J connectivity index is 2.30. The Bertz CT molecular complexity index is 302. The van der Waals surface area contributed by atoms with E-state index in [-0.39, 0.29) is 5.91 Å². The number of amides is 1. The molecule has 3 heteroatoms. The minimum atomic E-state index is 0.0318. The summed E-state index contributed by atoms with van der Waals surface area (Å²) in [5.41, 5.74) is 0.627. The molecule has 2 aliphatic rings. The van der Waals surface area contributed by atoms with Crippen LogP contribution >= 0.6 is 0 Å². The van der Waals surface area contributed by atoms with E-state index in [9.17, 15) is 4.79 Å². The molecule has 1 fully saturated rings. The van der Waals surface area contributed by atoms with E-state index in [2.05, 4.69) is 11.9 Å². The molecule has 0 spiro atoms. The van der Waals surface area contributed by atoms with Gasteiger partial charge in [-0.25, -0.2) is 0 Å². The molecule has 0 aliphatic carbocycles. The molecular weight excluding hydrogens is 152 g/mol. The van der Waals surface area contributed by atoms with Gasteiger partial charge in [-0.05, 0) is 6.08 Å². The van der Waals surface area contributed by atoms with E-state index in [4.69, 9.17) is 0 Å². The fraction of sp³-hybridized carbons (Fsp3) is 0.222. The molecular formula is C9H10N2O. The average molecular weight is 162 g/mol. The second-order valence-corrected chi connectivity index (χ2v) is 2.85. The van der Waals surface area contributed by atoms with Crippen molar-refractivity contribution in [1.82, 2.24) is 10.2 Å². The standard InChI is InChI=1S/C9H10N2O/c1-7-6-10-8-4-2-3-5-11(8)9(7)12/h2-4,10H,1,5-6H2. The zero-order chi connectivity index (χ0) is 8.55. The Morgan fingerprint density at radius 1 is 1.58 bits per heavy atom. The van der Waals surface area contributed by atoms with E-state index in [1.807, 2.05) is 18.2 Å². The second-order valence-electron chi connectivity index (χ2n) is 2.85. The minimum absolute atomic E-state index is 0.0318. The summed E-state index contributed by atoms with van der Waals surface area (Å²) in [6.07, 6.45) is 5.79. The number of fused-ring (bicyclic) bond motifs is 1. The largest absolute Gasteiger partial charge is 0.367 e. The van der Waals surface area contributed by atoms with Gasteiger partial charge in [-0.3, -0.25) is 9.69 Å². The summed E-state index contributed by atoms with van der Waals surface area (Å²) < 4.78 is 0.